The summed E-state index contributed by atoms with van der Waals surface area (Å²) in [4.78, 5) is 23.5. The van der Waals surface area contributed by atoms with Gasteiger partial charge in [0.05, 0.1) is 21.0 Å². The average molecular weight is 422 g/mol. The highest BCUT2D eigenvalue weighted by molar-refractivity contribution is 7.19. The molecule has 1 aromatic carbocycles. The summed E-state index contributed by atoms with van der Waals surface area (Å²) in [6.07, 6.45) is 5.67. The van der Waals surface area contributed by atoms with Gasteiger partial charge in [-0.3, -0.25) is 0 Å². The molecule has 0 spiro atoms. The van der Waals surface area contributed by atoms with Crippen LogP contribution in [0.4, 0.5) is 5.82 Å². The molecule has 3 aromatic rings. The van der Waals surface area contributed by atoms with E-state index in [1.54, 1.807) is 29.5 Å². The van der Waals surface area contributed by atoms with Crippen molar-refractivity contribution in [3.8, 4) is 0 Å². The number of benzene rings is 1. The summed E-state index contributed by atoms with van der Waals surface area (Å²) in [6.45, 7) is -0.0942. The first-order valence-electron chi connectivity index (χ1n) is 8.72. The first-order chi connectivity index (χ1) is 13.0. The van der Waals surface area contributed by atoms with E-state index in [9.17, 15) is 4.79 Å². The van der Waals surface area contributed by atoms with Crippen LogP contribution in [0.25, 0.3) is 10.2 Å². The number of ether oxygens (including phenoxy) is 1. The van der Waals surface area contributed by atoms with Crippen LogP contribution in [-0.4, -0.2) is 15.9 Å². The van der Waals surface area contributed by atoms with Crippen molar-refractivity contribution in [1.29, 1.82) is 0 Å². The van der Waals surface area contributed by atoms with Crippen molar-refractivity contribution in [2.24, 2.45) is 0 Å². The Kier molecular flexibility index (Phi) is 5.21. The number of aromatic nitrogens is 2. The number of esters is 1. The predicted molar refractivity (Wildman–Crippen MR) is 109 cm³/mol. The second-order valence-corrected chi connectivity index (χ2v) is 8.34. The molecule has 5 nitrogen and oxygen atoms in total. The smallest absolute Gasteiger partial charge is 0.341 e. The Hall–Kier alpha value is -1.89. The molecule has 140 valence electrons. The van der Waals surface area contributed by atoms with E-state index >= 15 is 0 Å². The molecule has 0 saturated heterocycles. The summed E-state index contributed by atoms with van der Waals surface area (Å²) in [5, 5.41) is 1.44. The van der Waals surface area contributed by atoms with Gasteiger partial charge in [0.1, 0.15) is 10.6 Å². The van der Waals surface area contributed by atoms with Gasteiger partial charge in [0.25, 0.3) is 0 Å². The fourth-order valence-electron chi connectivity index (χ4n) is 3.37. The molecule has 2 aromatic heterocycles. The van der Waals surface area contributed by atoms with Crippen molar-refractivity contribution in [3.05, 3.63) is 50.1 Å². The molecule has 1 aliphatic rings. The van der Waals surface area contributed by atoms with Crippen LogP contribution in [0, 0.1) is 0 Å². The van der Waals surface area contributed by atoms with Gasteiger partial charge in [-0.1, -0.05) is 35.7 Å². The Morgan fingerprint density at radius 3 is 2.67 bits per heavy atom. The van der Waals surface area contributed by atoms with Crippen molar-refractivity contribution < 1.29 is 9.53 Å². The Labute approximate surface area is 170 Å². The third-order valence-corrected chi connectivity index (χ3v) is 6.45. The molecule has 0 fully saturated rings. The number of nitrogen functional groups attached to an aromatic ring is 1. The fraction of sp³-hybridized carbons (Fsp3) is 0.316. The fourth-order valence-corrected chi connectivity index (χ4v) is 5.21. The lowest BCUT2D eigenvalue weighted by Crippen LogP contribution is -2.09. The number of hydrogen-bond donors (Lipinski definition) is 1. The lowest BCUT2D eigenvalue weighted by Gasteiger charge is -2.08. The largest absolute Gasteiger partial charge is 0.454 e. The molecule has 0 radical (unpaired) electrons. The Balaban J connectivity index is 1.59. The van der Waals surface area contributed by atoms with E-state index in [0.717, 1.165) is 29.5 Å². The average Bonchev–Trinajstić information content (AvgIpc) is 2.82. The van der Waals surface area contributed by atoms with E-state index in [2.05, 4.69) is 9.97 Å². The number of thiophene rings is 1. The number of carbonyl (C=O) groups is 1. The van der Waals surface area contributed by atoms with Gasteiger partial charge in [0, 0.05) is 4.88 Å². The summed E-state index contributed by atoms with van der Waals surface area (Å²) in [5.41, 5.74) is 7.64. The third-order valence-electron chi connectivity index (χ3n) is 4.64. The maximum atomic E-state index is 12.3. The van der Waals surface area contributed by atoms with Gasteiger partial charge >= 0.3 is 5.97 Å². The summed E-state index contributed by atoms with van der Waals surface area (Å²) in [6, 6.07) is 4.84. The Bertz CT molecular complexity index is 1020. The summed E-state index contributed by atoms with van der Waals surface area (Å²) >= 11 is 13.8. The number of anilines is 1. The zero-order valence-corrected chi connectivity index (χ0v) is 16.8. The van der Waals surface area contributed by atoms with E-state index in [1.807, 2.05) is 0 Å². The van der Waals surface area contributed by atoms with Crippen LogP contribution >= 0.6 is 34.5 Å². The Morgan fingerprint density at radius 2 is 1.89 bits per heavy atom. The highest BCUT2D eigenvalue weighted by Gasteiger charge is 2.20. The van der Waals surface area contributed by atoms with Crippen LogP contribution in [0.1, 0.15) is 45.9 Å². The molecule has 0 atom stereocenters. The number of rotatable bonds is 3. The molecule has 8 heteroatoms. The molecule has 0 amide bonds. The molecule has 2 N–H and O–H groups in total. The van der Waals surface area contributed by atoms with Gasteiger partial charge < -0.3 is 10.5 Å². The third kappa shape index (κ3) is 3.61. The second-order valence-electron chi connectivity index (χ2n) is 6.44. The number of nitrogens with zero attached hydrogens (tertiary/aromatic N) is 2. The molecule has 2 heterocycles. The molecule has 1 aliphatic carbocycles. The lowest BCUT2D eigenvalue weighted by atomic mass is 10.1. The number of carbonyl (C=O) groups excluding carboxylic acids is 1. The van der Waals surface area contributed by atoms with Crippen LogP contribution < -0.4 is 5.73 Å². The van der Waals surface area contributed by atoms with E-state index in [-0.39, 0.29) is 22.2 Å². The van der Waals surface area contributed by atoms with Crippen LogP contribution in [0.3, 0.4) is 0 Å². The molecule has 0 aliphatic heterocycles. The minimum atomic E-state index is -0.616. The van der Waals surface area contributed by atoms with Crippen LogP contribution in [-0.2, 0) is 24.2 Å². The standard InChI is InChI=1S/C19H17Cl2N3O2S/c20-11-6-4-7-12(21)16(11)19(25)26-9-14-23-17(22)15-10-5-2-1-3-8-13(10)27-18(15)24-14/h4,6-7H,1-3,5,8-9H2,(H2,22,23,24). The van der Waals surface area contributed by atoms with Gasteiger partial charge in [0.2, 0.25) is 0 Å². The van der Waals surface area contributed by atoms with Crippen LogP contribution in [0.2, 0.25) is 10.0 Å². The molecule has 4 rings (SSSR count). The van der Waals surface area contributed by atoms with Gasteiger partial charge in [0.15, 0.2) is 12.4 Å². The molecule has 27 heavy (non-hydrogen) atoms. The first kappa shape index (κ1) is 18.5. The number of nitrogens with two attached hydrogens (primary N) is 1. The van der Waals surface area contributed by atoms with Gasteiger partial charge in [-0.25, -0.2) is 14.8 Å². The maximum absolute atomic E-state index is 12.3. The Morgan fingerprint density at radius 1 is 1.15 bits per heavy atom. The van der Waals surface area contributed by atoms with Crippen LogP contribution in [0.15, 0.2) is 18.2 Å². The number of fused-ring (bicyclic) bond motifs is 3. The first-order valence-corrected chi connectivity index (χ1v) is 10.3. The van der Waals surface area contributed by atoms with E-state index in [0.29, 0.717) is 11.6 Å². The van der Waals surface area contributed by atoms with Crippen molar-refractivity contribution in [3.63, 3.8) is 0 Å². The van der Waals surface area contributed by atoms with E-state index < -0.39 is 5.97 Å². The molecular formula is C19H17Cl2N3O2S. The molecular weight excluding hydrogens is 405 g/mol. The number of aryl methyl sites for hydroxylation is 2. The zero-order chi connectivity index (χ0) is 19.0. The van der Waals surface area contributed by atoms with Crippen LogP contribution in [0.5, 0.6) is 0 Å². The van der Waals surface area contributed by atoms with Crippen molar-refractivity contribution in [2.75, 3.05) is 5.73 Å². The number of halogens is 2. The second kappa shape index (κ2) is 7.62. The molecule has 0 saturated carbocycles. The van der Waals surface area contributed by atoms with Crippen molar-refractivity contribution >= 4 is 56.5 Å². The lowest BCUT2D eigenvalue weighted by molar-refractivity contribution is 0.0463. The normalized spacial score (nSPS) is 14.0. The SMILES string of the molecule is Nc1nc(COC(=O)c2c(Cl)cccc2Cl)nc2sc3c(c12)CCCCC3. The predicted octanol–water partition coefficient (Wildman–Crippen LogP) is 5.21. The summed E-state index contributed by atoms with van der Waals surface area (Å²) in [5.74, 6) is 0.198. The monoisotopic (exact) mass is 421 g/mol. The zero-order valence-electron chi connectivity index (χ0n) is 14.4. The summed E-state index contributed by atoms with van der Waals surface area (Å²) < 4.78 is 5.32. The van der Waals surface area contributed by atoms with Gasteiger partial charge in [-0.05, 0) is 43.4 Å². The quantitative estimate of drug-likeness (QED) is 0.463. The van der Waals surface area contributed by atoms with Crippen molar-refractivity contribution in [2.45, 2.75) is 38.7 Å². The summed E-state index contributed by atoms with van der Waals surface area (Å²) in [7, 11) is 0. The minimum absolute atomic E-state index is 0.0942. The van der Waals surface area contributed by atoms with Gasteiger partial charge in [-0.2, -0.15) is 0 Å². The van der Waals surface area contributed by atoms with Crippen molar-refractivity contribution in [1.82, 2.24) is 9.97 Å². The highest BCUT2D eigenvalue weighted by atomic mass is 35.5. The van der Waals surface area contributed by atoms with E-state index in [4.69, 9.17) is 33.7 Å². The topological polar surface area (TPSA) is 78.1 Å². The minimum Gasteiger partial charge on any atom is -0.454 e. The van der Waals surface area contributed by atoms with Gasteiger partial charge in [-0.15, -0.1) is 11.3 Å². The number of hydrogen-bond acceptors (Lipinski definition) is 6. The highest BCUT2D eigenvalue weighted by Crippen LogP contribution is 2.37. The van der Waals surface area contributed by atoms with E-state index in [1.165, 1.54) is 23.3 Å². The maximum Gasteiger partial charge on any atom is 0.341 e. The molecule has 0 bridgehead atoms. The molecule has 0 unspecified atom stereocenters.